The predicted molar refractivity (Wildman–Crippen MR) is 108 cm³/mol. The van der Waals surface area contributed by atoms with Crippen molar-refractivity contribution >= 4 is 29.2 Å². The fraction of sp³-hybridized carbons (Fsp3) is 0.333. The third-order valence-corrected chi connectivity index (χ3v) is 5.23. The Bertz CT molecular complexity index is 799. The first-order valence-corrected chi connectivity index (χ1v) is 9.58. The van der Waals surface area contributed by atoms with Crippen LogP contribution in [0.4, 0.5) is 10.5 Å². The lowest BCUT2D eigenvalue weighted by Gasteiger charge is -2.30. The first-order chi connectivity index (χ1) is 13.0. The van der Waals surface area contributed by atoms with Gasteiger partial charge in [0.25, 0.3) is 5.91 Å². The molecule has 1 fully saturated rings. The summed E-state index contributed by atoms with van der Waals surface area (Å²) in [6, 6.07) is 14.1. The van der Waals surface area contributed by atoms with E-state index in [-0.39, 0.29) is 11.9 Å². The van der Waals surface area contributed by atoms with Crippen LogP contribution in [0.1, 0.15) is 35.7 Å². The van der Waals surface area contributed by atoms with Gasteiger partial charge < -0.3 is 15.5 Å². The lowest BCUT2D eigenvalue weighted by Crippen LogP contribution is -2.37. The van der Waals surface area contributed by atoms with Gasteiger partial charge in [0.1, 0.15) is 0 Å². The molecule has 1 aliphatic rings. The Kier molecular flexibility index (Phi) is 6.35. The fourth-order valence-electron chi connectivity index (χ4n) is 3.08. The second-order valence-corrected chi connectivity index (χ2v) is 7.36. The van der Waals surface area contributed by atoms with Gasteiger partial charge >= 0.3 is 6.03 Å². The van der Waals surface area contributed by atoms with Crippen LogP contribution in [-0.4, -0.2) is 29.9 Å². The summed E-state index contributed by atoms with van der Waals surface area (Å²) in [5, 5.41) is 6.16. The molecule has 1 aliphatic heterocycles. The number of carbonyl (C=O) groups is 2. The number of nitrogens with one attached hydrogen (secondary N) is 2. The minimum Gasteiger partial charge on any atom is -0.339 e. The van der Waals surface area contributed by atoms with Crippen molar-refractivity contribution in [1.82, 2.24) is 10.2 Å². The fourth-order valence-corrected chi connectivity index (χ4v) is 3.29. The average molecular weight is 386 g/mol. The van der Waals surface area contributed by atoms with Crippen molar-refractivity contribution in [2.75, 3.05) is 18.4 Å². The summed E-state index contributed by atoms with van der Waals surface area (Å²) in [6.45, 7) is 4.18. The number of nitrogens with zero attached hydrogens (tertiary/aromatic N) is 1. The van der Waals surface area contributed by atoms with Gasteiger partial charge in [0, 0.05) is 35.9 Å². The van der Waals surface area contributed by atoms with E-state index < -0.39 is 0 Å². The number of carbonyl (C=O) groups excluding carboxylic acids is 2. The van der Waals surface area contributed by atoms with E-state index >= 15 is 0 Å². The van der Waals surface area contributed by atoms with Gasteiger partial charge in [0.2, 0.25) is 0 Å². The quantitative estimate of drug-likeness (QED) is 0.811. The highest BCUT2D eigenvalue weighted by atomic mass is 35.5. The van der Waals surface area contributed by atoms with Crippen LogP contribution in [0.25, 0.3) is 0 Å². The van der Waals surface area contributed by atoms with Crippen molar-refractivity contribution in [3.8, 4) is 0 Å². The zero-order valence-electron chi connectivity index (χ0n) is 15.4. The number of anilines is 1. The number of urea groups is 1. The van der Waals surface area contributed by atoms with E-state index in [0.29, 0.717) is 28.7 Å². The van der Waals surface area contributed by atoms with Gasteiger partial charge in [-0.3, -0.25) is 4.79 Å². The van der Waals surface area contributed by atoms with Crippen molar-refractivity contribution in [2.24, 2.45) is 5.92 Å². The number of likely N-dealkylation sites (tertiary alicyclic amines) is 1. The smallest absolute Gasteiger partial charge is 0.319 e. The van der Waals surface area contributed by atoms with Gasteiger partial charge in [0.15, 0.2) is 0 Å². The lowest BCUT2D eigenvalue weighted by molar-refractivity contribution is 0.0697. The van der Waals surface area contributed by atoms with Gasteiger partial charge in [-0.1, -0.05) is 36.7 Å². The second kappa shape index (κ2) is 8.91. The van der Waals surface area contributed by atoms with Crippen molar-refractivity contribution in [1.29, 1.82) is 0 Å². The summed E-state index contributed by atoms with van der Waals surface area (Å²) in [5.41, 5.74) is 2.13. The molecule has 0 aromatic heterocycles. The van der Waals surface area contributed by atoms with E-state index in [9.17, 15) is 9.59 Å². The molecule has 0 radical (unpaired) electrons. The molecule has 2 aromatic carbocycles. The highest BCUT2D eigenvalue weighted by molar-refractivity contribution is 6.31. The maximum atomic E-state index is 12.5. The summed E-state index contributed by atoms with van der Waals surface area (Å²) >= 11 is 6.08. The molecule has 0 atom stereocenters. The van der Waals surface area contributed by atoms with E-state index in [1.807, 2.05) is 23.1 Å². The van der Waals surface area contributed by atoms with Crippen LogP contribution >= 0.6 is 11.6 Å². The first kappa shape index (κ1) is 19.2. The Labute approximate surface area is 164 Å². The van der Waals surface area contributed by atoms with Crippen LogP contribution in [0.15, 0.2) is 48.5 Å². The van der Waals surface area contributed by atoms with Gasteiger partial charge in [-0.25, -0.2) is 4.79 Å². The third-order valence-electron chi connectivity index (χ3n) is 4.86. The number of hydrogen-bond donors (Lipinski definition) is 2. The van der Waals surface area contributed by atoms with Crippen LogP contribution < -0.4 is 10.6 Å². The highest BCUT2D eigenvalue weighted by Gasteiger charge is 2.21. The largest absolute Gasteiger partial charge is 0.339 e. The van der Waals surface area contributed by atoms with E-state index in [2.05, 4.69) is 17.6 Å². The van der Waals surface area contributed by atoms with Crippen molar-refractivity contribution in [3.05, 3.63) is 64.7 Å². The molecule has 0 unspecified atom stereocenters. The van der Waals surface area contributed by atoms with Crippen molar-refractivity contribution in [3.63, 3.8) is 0 Å². The molecular formula is C21H24ClN3O2. The number of rotatable bonds is 4. The Morgan fingerprint density at radius 1 is 1.07 bits per heavy atom. The second-order valence-electron chi connectivity index (χ2n) is 6.95. The molecule has 142 valence electrons. The zero-order chi connectivity index (χ0) is 19.2. The van der Waals surface area contributed by atoms with Gasteiger partial charge in [0.05, 0.1) is 0 Å². The minimum absolute atomic E-state index is 0.0524. The standard InChI is InChI=1S/C21H24ClN3O2/c1-15-10-12-25(13-11-15)20(26)16-6-8-18(9-7-16)24-21(27)23-14-17-4-2-3-5-19(17)22/h2-9,15H,10-14H2,1H3,(H2,23,24,27). The van der Waals surface area contributed by atoms with E-state index in [1.54, 1.807) is 30.3 Å². The number of piperidine rings is 1. The van der Waals surface area contributed by atoms with E-state index in [1.165, 1.54) is 0 Å². The molecule has 2 aromatic rings. The van der Waals surface area contributed by atoms with Crippen LogP contribution in [0.2, 0.25) is 5.02 Å². The van der Waals surface area contributed by atoms with Crippen LogP contribution in [-0.2, 0) is 6.54 Å². The average Bonchev–Trinajstić information content (AvgIpc) is 2.68. The first-order valence-electron chi connectivity index (χ1n) is 9.20. The molecule has 0 aliphatic carbocycles. The maximum absolute atomic E-state index is 12.5. The predicted octanol–water partition coefficient (Wildman–Crippen LogP) is 4.53. The molecule has 27 heavy (non-hydrogen) atoms. The number of benzene rings is 2. The lowest BCUT2D eigenvalue weighted by atomic mass is 9.98. The van der Waals surface area contributed by atoms with Gasteiger partial charge in [-0.05, 0) is 54.7 Å². The molecule has 1 saturated heterocycles. The molecule has 0 saturated carbocycles. The number of halogens is 1. The monoisotopic (exact) mass is 385 g/mol. The normalized spacial score (nSPS) is 14.7. The summed E-state index contributed by atoms with van der Waals surface area (Å²) in [4.78, 5) is 26.5. The molecule has 5 nitrogen and oxygen atoms in total. The minimum atomic E-state index is -0.320. The molecule has 6 heteroatoms. The molecule has 1 heterocycles. The Morgan fingerprint density at radius 2 is 1.74 bits per heavy atom. The van der Waals surface area contributed by atoms with E-state index in [0.717, 1.165) is 31.5 Å². The molecule has 0 bridgehead atoms. The number of hydrogen-bond acceptors (Lipinski definition) is 2. The van der Waals surface area contributed by atoms with Crippen LogP contribution in [0.3, 0.4) is 0 Å². The topological polar surface area (TPSA) is 61.4 Å². The van der Waals surface area contributed by atoms with E-state index in [4.69, 9.17) is 11.6 Å². The summed E-state index contributed by atoms with van der Waals surface area (Å²) in [6.07, 6.45) is 2.11. The third kappa shape index (κ3) is 5.23. The Hall–Kier alpha value is -2.53. The van der Waals surface area contributed by atoms with Gasteiger partial charge in [-0.15, -0.1) is 0 Å². The number of amides is 3. The van der Waals surface area contributed by atoms with Crippen molar-refractivity contribution < 1.29 is 9.59 Å². The van der Waals surface area contributed by atoms with Gasteiger partial charge in [-0.2, -0.15) is 0 Å². The molecule has 0 spiro atoms. The highest BCUT2D eigenvalue weighted by Crippen LogP contribution is 2.19. The van der Waals surface area contributed by atoms with Crippen molar-refractivity contribution in [2.45, 2.75) is 26.3 Å². The van der Waals surface area contributed by atoms with Crippen LogP contribution in [0, 0.1) is 5.92 Å². The molecular weight excluding hydrogens is 362 g/mol. The summed E-state index contributed by atoms with van der Waals surface area (Å²) < 4.78 is 0. The maximum Gasteiger partial charge on any atom is 0.319 e. The molecule has 3 rings (SSSR count). The summed E-state index contributed by atoms with van der Waals surface area (Å²) in [7, 11) is 0. The molecule has 3 amide bonds. The SMILES string of the molecule is CC1CCN(C(=O)c2ccc(NC(=O)NCc3ccccc3Cl)cc2)CC1. The Morgan fingerprint density at radius 3 is 2.41 bits per heavy atom. The molecule has 2 N–H and O–H groups in total. The zero-order valence-corrected chi connectivity index (χ0v) is 16.1. The van der Waals surface area contributed by atoms with Crippen LogP contribution in [0.5, 0.6) is 0 Å². The summed E-state index contributed by atoms with van der Waals surface area (Å²) in [5.74, 6) is 0.738. The Balaban J connectivity index is 1.52.